The third kappa shape index (κ3) is 1.43. The van der Waals surface area contributed by atoms with Crippen LogP contribution in [0.1, 0.15) is 0 Å². The molecule has 0 aromatic carbocycles. The highest BCUT2D eigenvalue weighted by atomic mass is 16.4. The van der Waals surface area contributed by atoms with Crippen LogP contribution in [-0.2, 0) is 4.79 Å². The number of hydrogen-bond acceptors (Lipinski definition) is 1. The summed E-state index contributed by atoms with van der Waals surface area (Å²) in [4.78, 5) is 12.9. The van der Waals surface area contributed by atoms with Gasteiger partial charge in [0.25, 0.3) is 6.57 Å². The van der Waals surface area contributed by atoms with Gasteiger partial charge in [-0.1, -0.05) is 11.4 Å². The number of carboxylic acids is 1. The fourth-order valence-corrected chi connectivity index (χ4v) is 0.225. The maximum Gasteiger partial charge on any atom is 0.396 e. The first-order valence-corrected chi connectivity index (χ1v) is 1.97. The Morgan fingerprint density at radius 1 is 2.00 bits per heavy atom. The maximum atomic E-state index is 9.92. The molecule has 8 heavy (non-hydrogen) atoms. The molecule has 0 bridgehead atoms. The number of nitrogens with zero attached hydrogens (tertiary/aromatic N) is 1. The fourth-order valence-electron chi connectivity index (χ4n) is 0.225. The average molecular weight is 112 g/mol. The minimum absolute atomic E-state index is 0.963. The lowest BCUT2D eigenvalue weighted by molar-refractivity contribution is -0.136. The van der Waals surface area contributed by atoms with Crippen molar-refractivity contribution in [3.05, 3.63) is 17.5 Å². The molecule has 0 aromatic heterocycles. The summed E-state index contributed by atoms with van der Waals surface area (Å²) in [6, 6.07) is -0.963. The number of rotatable bonds is 2. The van der Waals surface area contributed by atoms with Gasteiger partial charge in [0.15, 0.2) is 0 Å². The van der Waals surface area contributed by atoms with Gasteiger partial charge in [0.1, 0.15) is 0 Å². The zero-order valence-electron chi connectivity index (χ0n) is 4.24. The summed E-state index contributed by atoms with van der Waals surface area (Å²) < 4.78 is 0. The molecule has 0 saturated heterocycles. The van der Waals surface area contributed by atoms with Crippen LogP contribution in [0.4, 0.5) is 0 Å². The predicted molar refractivity (Wildman–Crippen MR) is 29.9 cm³/mol. The topological polar surface area (TPSA) is 41.7 Å². The lowest BCUT2D eigenvalue weighted by atomic mass is 10.3. The molecule has 1 unspecified atom stereocenters. The van der Waals surface area contributed by atoms with Crippen LogP contribution in [0.5, 0.6) is 0 Å². The maximum absolute atomic E-state index is 9.92. The van der Waals surface area contributed by atoms with Crippen molar-refractivity contribution in [2.24, 2.45) is 0 Å². The van der Waals surface area contributed by atoms with Crippen molar-refractivity contribution < 1.29 is 9.90 Å². The van der Waals surface area contributed by atoms with Crippen molar-refractivity contribution in [3.8, 4) is 6.57 Å². The Bertz CT molecular complexity index is 145. The number of aliphatic carboxylic acids is 1. The summed E-state index contributed by atoms with van der Waals surface area (Å²) in [6.07, 6.45) is 1.16. The minimum Gasteiger partial charge on any atom is -0.475 e. The zero-order chi connectivity index (χ0) is 6.57. The molecule has 1 N–H and O–H groups in total. The van der Waals surface area contributed by atoms with Crippen LogP contribution >= 0.6 is 0 Å². The first kappa shape index (κ1) is 6.70. The summed E-state index contributed by atoms with van der Waals surface area (Å²) in [5.74, 6) is -1.08. The smallest absolute Gasteiger partial charge is 0.396 e. The second kappa shape index (κ2) is 2.80. The molecule has 0 rings (SSSR count). The van der Waals surface area contributed by atoms with Crippen LogP contribution in [0.15, 0.2) is 12.7 Å². The highest BCUT2D eigenvalue weighted by Crippen LogP contribution is 1.89. The second-order valence-electron chi connectivity index (χ2n) is 1.17. The van der Waals surface area contributed by atoms with Gasteiger partial charge in [0, 0.05) is 6.08 Å². The highest BCUT2D eigenvalue weighted by Gasteiger charge is 2.20. The van der Waals surface area contributed by atoms with Gasteiger partial charge in [-0.2, -0.15) is 0 Å². The van der Waals surface area contributed by atoms with Crippen molar-refractivity contribution in [1.29, 1.82) is 0 Å². The molecule has 1 atom stereocenters. The van der Waals surface area contributed by atoms with Crippen LogP contribution in [-0.4, -0.2) is 17.1 Å². The molecule has 0 spiro atoms. The van der Waals surface area contributed by atoms with E-state index >= 15 is 0 Å². The Morgan fingerprint density at radius 2 is 2.50 bits per heavy atom. The quantitative estimate of drug-likeness (QED) is 0.531. The van der Waals surface area contributed by atoms with Crippen LogP contribution in [0, 0.1) is 6.57 Å². The van der Waals surface area contributed by atoms with Gasteiger partial charge < -0.3 is 5.11 Å². The molecule has 0 amide bonds. The molecule has 0 radical (unpaired) electrons. The Hall–Kier alpha value is -1.30. The summed E-state index contributed by atoms with van der Waals surface area (Å²) in [5, 5.41) is 8.13. The van der Waals surface area contributed by atoms with E-state index in [9.17, 15) is 4.79 Å². The molecule has 0 saturated carbocycles. The van der Waals surface area contributed by atoms with Gasteiger partial charge in [-0.15, -0.1) is 0 Å². The third-order valence-electron chi connectivity index (χ3n) is 0.637. The Morgan fingerprint density at radius 3 is 2.50 bits per heavy atom. The van der Waals surface area contributed by atoms with Gasteiger partial charge in [-0.3, -0.25) is 0 Å². The molecular weight excluding hydrogens is 106 g/mol. The van der Waals surface area contributed by atoms with E-state index in [0.717, 1.165) is 6.08 Å². The lowest BCUT2D eigenvalue weighted by Crippen LogP contribution is -2.11. The van der Waals surface area contributed by atoms with E-state index in [-0.39, 0.29) is 0 Å². The molecular formula is C5H6NO2+. The van der Waals surface area contributed by atoms with E-state index in [0.29, 0.717) is 0 Å². The molecule has 0 fully saturated rings. The summed E-state index contributed by atoms with van der Waals surface area (Å²) in [6.45, 7) is 7.86. The zero-order valence-corrected chi connectivity index (χ0v) is 4.24. The fraction of sp³-hybridized carbons (Fsp3) is 0.200. The average Bonchev–Trinajstić information content (AvgIpc) is 1.69. The SMILES string of the molecule is C#[N+]C(C=C)C(=O)O. The normalized spacial score (nSPS) is 11.4. The molecule has 0 aliphatic heterocycles. The van der Waals surface area contributed by atoms with E-state index < -0.39 is 12.0 Å². The van der Waals surface area contributed by atoms with E-state index in [4.69, 9.17) is 5.11 Å². The van der Waals surface area contributed by atoms with Gasteiger partial charge >= 0.3 is 12.0 Å². The van der Waals surface area contributed by atoms with E-state index in [1.807, 2.05) is 0 Å². The van der Waals surface area contributed by atoms with Gasteiger partial charge in [-0.25, -0.2) is 4.79 Å². The summed E-state index contributed by atoms with van der Waals surface area (Å²) in [7, 11) is 0. The van der Waals surface area contributed by atoms with E-state index in [1.54, 1.807) is 0 Å². The third-order valence-corrected chi connectivity index (χ3v) is 0.637. The molecule has 42 valence electrons. The largest absolute Gasteiger partial charge is 0.475 e. The number of carbonyl (C=O) groups is 1. The molecule has 3 heteroatoms. The van der Waals surface area contributed by atoms with Crippen LogP contribution in [0.3, 0.4) is 0 Å². The monoisotopic (exact) mass is 112 g/mol. The Balaban J connectivity index is 3.95. The molecule has 0 aromatic rings. The van der Waals surface area contributed by atoms with Crippen LogP contribution < -0.4 is 0 Å². The Labute approximate surface area is 47.1 Å². The van der Waals surface area contributed by atoms with Crippen LogP contribution in [0.25, 0.3) is 4.85 Å². The molecule has 0 aliphatic carbocycles. The van der Waals surface area contributed by atoms with Gasteiger partial charge in [0.05, 0.1) is 0 Å². The van der Waals surface area contributed by atoms with E-state index in [1.165, 1.54) is 0 Å². The molecule has 0 heterocycles. The standard InChI is InChI=1S/C5H5NO2/c1-3-4(6-2)5(7)8/h2-4H,1H2/p+1. The summed E-state index contributed by atoms with van der Waals surface area (Å²) >= 11 is 0. The number of hydrogen-bond donors (Lipinski definition) is 1. The number of carboxylic acid groups (broad SMARTS) is 1. The predicted octanol–water partition coefficient (Wildman–Crippen LogP) is 0.588. The van der Waals surface area contributed by atoms with Gasteiger partial charge in [-0.05, 0) is 0 Å². The van der Waals surface area contributed by atoms with Crippen molar-refractivity contribution in [1.82, 2.24) is 0 Å². The summed E-state index contributed by atoms with van der Waals surface area (Å²) in [5.41, 5.74) is 0. The Kier molecular flexibility index (Phi) is 2.35. The van der Waals surface area contributed by atoms with E-state index in [2.05, 4.69) is 18.0 Å². The first-order chi connectivity index (χ1) is 3.72. The van der Waals surface area contributed by atoms with Crippen LogP contribution in [0.2, 0.25) is 0 Å². The van der Waals surface area contributed by atoms with Crippen molar-refractivity contribution in [3.63, 3.8) is 0 Å². The lowest BCUT2D eigenvalue weighted by Gasteiger charge is -1.80. The van der Waals surface area contributed by atoms with Crippen molar-refractivity contribution >= 4 is 5.97 Å². The van der Waals surface area contributed by atoms with Crippen molar-refractivity contribution in [2.45, 2.75) is 6.04 Å². The highest BCUT2D eigenvalue weighted by molar-refractivity contribution is 5.77. The first-order valence-electron chi connectivity index (χ1n) is 1.97. The van der Waals surface area contributed by atoms with Crippen molar-refractivity contribution in [2.75, 3.05) is 0 Å². The minimum atomic E-state index is -1.08. The second-order valence-corrected chi connectivity index (χ2v) is 1.17. The molecule has 3 nitrogen and oxygen atoms in total. The molecule has 0 aliphatic rings. The van der Waals surface area contributed by atoms with Gasteiger partial charge in [0.2, 0.25) is 0 Å².